The molecule has 0 bridgehead atoms. The second-order valence-corrected chi connectivity index (χ2v) is 6.90. The van der Waals surface area contributed by atoms with Gasteiger partial charge in [-0.1, -0.05) is 24.3 Å². The molecule has 5 heteroatoms. The monoisotopic (exact) mass is 368 g/mol. The van der Waals surface area contributed by atoms with Crippen LogP contribution in [-0.4, -0.2) is 37.0 Å². The van der Waals surface area contributed by atoms with E-state index in [0.29, 0.717) is 6.61 Å². The minimum Gasteiger partial charge on any atom is -0.489 e. The smallest absolute Gasteiger partial charge is 0.244 e. The van der Waals surface area contributed by atoms with E-state index in [2.05, 4.69) is 17.3 Å². The SMILES string of the molecule is CN1CCC(NC(=O)/C=C\c2ccc(OCc3ccc(F)cc3)cc2)CC1. The van der Waals surface area contributed by atoms with Crippen LogP contribution in [0.3, 0.4) is 0 Å². The predicted molar refractivity (Wildman–Crippen MR) is 105 cm³/mol. The number of piperidine rings is 1. The molecular formula is C22H25FN2O2. The summed E-state index contributed by atoms with van der Waals surface area (Å²) in [5, 5.41) is 3.06. The normalized spacial score (nSPS) is 15.8. The van der Waals surface area contributed by atoms with Gasteiger partial charge in [-0.25, -0.2) is 4.39 Å². The van der Waals surface area contributed by atoms with Crippen molar-refractivity contribution in [1.29, 1.82) is 0 Å². The number of hydrogen-bond acceptors (Lipinski definition) is 3. The molecule has 1 N–H and O–H groups in total. The Morgan fingerprint density at radius 3 is 2.48 bits per heavy atom. The lowest BCUT2D eigenvalue weighted by Crippen LogP contribution is -2.42. The zero-order valence-corrected chi connectivity index (χ0v) is 15.5. The minimum atomic E-state index is -0.255. The van der Waals surface area contributed by atoms with Gasteiger partial charge in [0.25, 0.3) is 0 Å². The Morgan fingerprint density at radius 2 is 1.81 bits per heavy atom. The minimum absolute atomic E-state index is 0.0545. The fourth-order valence-corrected chi connectivity index (χ4v) is 3.00. The maximum absolute atomic E-state index is 12.9. The van der Waals surface area contributed by atoms with Gasteiger partial charge in [0.05, 0.1) is 0 Å². The van der Waals surface area contributed by atoms with Crippen molar-refractivity contribution in [2.45, 2.75) is 25.5 Å². The van der Waals surface area contributed by atoms with Gasteiger partial charge < -0.3 is 15.0 Å². The van der Waals surface area contributed by atoms with Gasteiger partial charge in [-0.3, -0.25) is 4.79 Å². The van der Waals surface area contributed by atoms with E-state index in [1.807, 2.05) is 24.3 Å². The summed E-state index contributed by atoms with van der Waals surface area (Å²) in [6.45, 7) is 2.43. The first-order valence-corrected chi connectivity index (χ1v) is 9.23. The molecule has 2 aromatic carbocycles. The first-order valence-electron chi connectivity index (χ1n) is 9.23. The van der Waals surface area contributed by atoms with Crippen LogP contribution in [0.5, 0.6) is 5.75 Å². The third kappa shape index (κ3) is 6.22. The van der Waals surface area contributed by atoms with Crippen LogP contribution in [0.15, 0.2) is 54.6 Å². The molecule has 1 aliphatic rings. The van der Waals surface area contributed by atoms with E-state index < -0.39 is 0 Å². The number of halogens is 1. The molecule has 0 aromatic heterocycles. The Labute approximate surface area is 159 Å². The van der Waals surface area contributed by atoms with E-state index in [4.69, 9.17) is 4.74 Å². The van der Waals surface area contributed by atoms with Crippen molar-refractivity contribution in [2.24, 2.45) is 0 Å². The van der Waals surface area contributed by atoms with Gasteiger partial charge >= 0.3 is 0 Å². The maximum Gasteiger partial charge on any atom is 0.244 e. The van der Waals surface area contributed by atoms with Crippen LogP contribution in [0, 0.1) is 5.82 Å². The second-order valence-electron chi connectivity index (χ2n) is 6.90. The van der Waals surface area contributed by atoms with Crippen LogP contribution in [0.25, 0.3) is 6.08 Å². The van der Waals surface area contributed by atoms with Crippen LogP contribution in [0.2, 0.25) is 0 Å². The summed E-state index contributed by atoms with van der Waals surface area (Å²) in [7, 11) is 2.10. The molecule has 0 unspecified atom stereocenters. The Hall–Kier alpha value is -2.66. The third-order valence-electron chi connectivity index (χ3n) is 4.69. The molecule has 142 valence electrons. The van der Waals surface area contributed by atoms with Gasteiger partial charge in [0.15, 0.2) is 0 Å². The molecule has 0 radical (unpaired) electrons. The summed E-state index contributed by atoms with van der Waals surface area (Å²) in [4.78, 5) is 14.3. The molecule has 3 rings (SSSR count). The number of ether oxygens (including phenoxy) is 1. The largest absolute Gasteiger partial charge is 0.489 e. The number of hydrogen-bond donors (Lipinski definition) is 1. The fraction of sp³-hybridized carbons (Fsp3) is 0.318. The van der Waals surface area contributed by atoms with Gasteiger partial charge in [-0.2, -0.15) is 0 Å². The Morgan fingerprint density at radius 1 is 1.15 bits per heavy atom. The number of amides is 1. The molecule has 0 spiro atoms. The molecule has 27 heavy (non-hydrogen) atoms. The van der Waals surface area contributed by atoms with E-state index in [-0.39, 0.29) is 17.8 Å². The number of carbonyl (C=O) groups is 1. The first kappa shape index (κ1) is 19.1. The highest BCUT2D eigenvalue weighted by Crippen LogP contribution is 2.15. The number of likely N-dealkylation sites (tertiary alicyclic amines) is 1. The lowest BCUT2D eigenvalue weighted by molar-refractivity contribution is -0.117. The van der Waals surface area contributed by atoms with Crippen molar-refractivity contribution in [3.05, 3.63) is 71.6 Å². The van der Waals surface area contributed by atoms with Crippen molar-refractivity contribution in [1.82, 2.24) is 10.2 Å². The van der Waals surface area contributed by atoms with Crippen LogP contribution >= 0.6 is 0 Å². The molecule has 1 saturated heterocycles. The number of carbonyl (C=O) groups excluding carboxylic acids is 1. The predicted octanol–water partition coefficient (Wildman–Crippen LogP) is 3.63. The van der Waals surface area contributed by atoms with Crippen LogP contribution in [-0.2, 0) is 11.4 Å². The second kappa shape index (κ2) is 9.33. The summed E-state index contributed by atoms with van der Waals surface area (Å²) in [6, 6.07) is 14.0. The fourth-order valence-electron chi connectivity index (χ4n) is 3.00. The summed E-state index contributed by atoms with van der Waals surface area (Å²) in [5.74, 6) is 0.420. The molecule has 4 nitrogen and oxygen atoms in total. The average molecular weight is 368 g/mol. The average Bonchev–Trinajstić information content (AvgIpc) is 2.68. The van der Waals surface area contributed by atoms with Crippen molar-refractivity contribution in [3.8, 4) is 5.75 Å². The molecule has 0 saturated carbocycles. The van der Waals surface area contributed by atoms with Gasteiger partial charge in [0.1, 0.15) is 18.2 Å². The van der Waals surface area contributed by atoms with E-state index >= 15 is 0 Å². The van der Waals surface area contributed by atoms with Gasteiger partial charge in [-0.05, 0) is 74.4 Å². The van der Waals surface area contributed by atoms with Crippen molar-refractivity contribution < 1.29 is 13.9 Å². The van der Waals surface area contributed by atoms with Gasteiger partial charge in [0.2, 0.25) is 5.91 Å². The molecule has 1 fully saturated rings. The summed E-state index contributed by atoms with van der Waals surface area (Å²) in [6.07, 6.45) is 5.37. The van der Waals surface area contributed by atoms with Crippen LogP contribution < -0.4 is 10.1 Å². The van der Waals surface area contributed by atoms with Crippen LogP contribution in [0.1, 0.15) is 24.0 Å². The topological polar surface area (TPSA) is 41.6 Å². The maximum atomic E-state index is 12.9. The third-order valence-corrected chi connectivity index (χ3v) is 4.69. The number of nitrogens with zero attached hydrogens (tertiary/aromatic N) is 1. The molecule has 1 amide bonds. The van der Waals surface area contributed by atoms with Crippen molar-refractivity contribution in [2.75, 3.05) is 20.1 Å². The zero-order chi connectivity index (χ0) is 19.1. The van der Waals surface area contributed by atoms with E-state index in [0.717, 1.165) is 42.8 Å². The Kier molecular flexibility index (Phi) is 6.60. The summed E-state index contributed by atoms with van der Waals surface area (Å²) >= 11 is 0. The van der Waals surface area contributed by atoms with E-state index in [9.17, 15) is 9.18 Å². The summed E-state index contributed by atoms with van der Waals surface area (Å²) < 4.78 is 18.6. The number of rotatable bonds is 6. The van der Waals surface area contributed by atoms with Crippen molar-refractivity contribution in [3.63, 3.8) is 0 Å². The van der Waals surface area contributed by atoms with Crippen molar-refractivity contribution >= 4 is 12.0 Å². The molecule has 1 aliphatic heterocycles. The molecular weight excluding hydrogens is 343 g/mol. The van der Waals surface area contributed by atoms with Gasteiger partial charge in [0, 0.05) is 12.1 Å². The number of nitrogens with one attached hydrogen (secondary N) is 1. The summed E-state index contributed by atoms with van der Waals surface area (Å²) in [5.41, 5.74) is 1.84. The molecule has 1 heterocycles. The lowest BCUT2D eigenvalue weighted by Gasteiger charge is -2.29. The quantitative estimate of drug-likeness (QED) is 0.792. The molecule has 0 atom stereocenters. The first-order chi connectivity index (χ1) is 13.1. The highest BCUT2D eigenvalue weighted by Gasteiger charge is 2.17. The standard InChI is InChI=1S/C22H25FN2O2/c1-25-14-12-20(13-15-25)24-22(26)11-6-17-4-9-21(10-5-17)27-16-18-2-7-19(23)8-3-18/h2-11,20H,12-16H2,1H3,(H,24,26)/b11-6-. The highest BCUT2D eigenvalue weighted by molar-refractivity contribution is 5.91. The Bertz CT molecular complexity index is 764. The Balaban J connectivity index is 1.46. The lowest BCUT2D eigenvalue weighted by atomic mass is 10.1. The van der Waals surface area contributed by atoms with Crippen LogP contribution in [0.4, 0.5) is 4.39 Å². The molecule has 0 aliphatic carbocycles. The van der Waals surface area contributed by atoms with E-state index in [1.54, 1.807) is 24.3 Å². The highest BCUT2D eigenvalue weighted by atomic mass is 19.1. The van der Waals surface area contributed by atoms with E-state index in [1.165, 1.54) is 12.1 Å². The molecule has 2 aromatic rings. The number of benzene rings is 2. The van der Waals surface area contributed by atoms with Gasteiger partial charge in [-0.15, -0.1) is 0 Å². The zero-order valence-electron chi connectivity index (χ0n) is 15.5.